The van der Waals surface area contributed by atoms with Gasteiger partial charge in [-0.3, -0.25) is 4.90 Å². The van der Waals surface area contributed by atoms with Crippen LogP contribution >= 0.6 is 0 Å². The summed E-state index contributed by atoms with van der Waals surface area (Å²) in [5.41, 5.74) is 3.65. The minimum absolute atomic E-state index is 0.0312. The van der Waals surface area contributed by atoms with E-state index >= 15 is 0 Å². The molecule has 4 aliphatic rings. The van der Waals surface area contributed by atoms with E-state index in [4.69, 9.17) is 4.74 Å². The predicted octanol–water partition coefficient (Wildman–Crippen LogP) is 7.79. The molecule has 3 aliphatic heterocycles. The molecule has 2 unspecified atom stereocenters. The van der Waals surface area contributed by atoms with Gasteiger partial charge < -0.3 is 14.7 Å². The lowest BCUT2D eigenvalue weighted by atomic mass is 9.66. The van der Waals surface area contributed by atoms with E-state index in [1.54, 1.807) is 5.57 Å². The van der Waals surface area contributed by atoms with Crippen molar-refractivity contribution in [3.63, 3.8) is 0 Å². The topological polar surface area (TPSA) is 35.9 Å². The number of allylic oxidation sites excluding steroid dienone is 1. The van der Waals surface area contributed by atoms with Gasteiger partial charge in [0.2, 0.25) is 0 Å². The lowest BCUT2D eigenvalue weighted by Crippen LogP contribution is -2.47. The molecule has 38 heavy (non-hydrogen) atoms. The summed E-state index contributed by atoms with van der Waals surface area (Å²) < 4.78 is 6.69. The quantitative estimate of drug-likeness (QED) is 0.265. The average Bonchev–Trinajstić information content (AvgIpc) is 3.41. The molecule has 0 bridgehead atoms. The summed E-state index contributed by atoms with van der Waals surface area (Å²) in [6, 6.07) is 5.15. The fourth-order valence-corrected chi connectivity index (χ4v) is 7.96. The Balaban J connectivity index is 1.28. The molecule has 0 amide bonds. The molecule has 0 aromatic heterocycles. The second-order valence-electron chi connectivity index (χ2n) is 14.1. The number of aromatic hydroxyl groups is 1. The van der Waals surface area contributed by atoms with Gasteiger partial charge in [-0.2, -0.15) is 0 Å². The van der Waals surface area contributed by atoms with Gasteiger partial charge in [0.25, 0.3) is 0 Å². The predicted molar refractivity (Wildman–Crippen MR) is 158 cm³/mol. The number of piperidine rings is 1. The van der Waals surface area contributed by atoms with Crippen molar-refractivity contribution in [1.29, 1.82) is 0 Å². The number of rotatable bonds is 9. The Morgan fingerprint density at radius 1 is 1.03 bits per heavy atom. The normalized spacial score (nSPS) is 26.5. The zero-order valence-corrected chi connectivity index (χ0v) is 25.0. The summed E-state index contributed by atoms with van der Waals surface area (Å²) in [5.74, 6) is 2.12. The fraction of sp³-hybridized carbons (Fsp3) is 0.765. The summed E-state index contributed by atoms with van der Waals surface area (Å²) in [6.07, 6.45) is 16.2. The highest BCUT2D eigenvalue weighted by atomic mass is 16.5. The van der Waals surface area contributed by atoms with Gasteiger partial charge >= 0.3 is 0 Å². The number of phenols is 1. The molecule has 0 saturated carbocycles. The molecule has 4 heteroatoms. The van der Waals surface area contributed by atoms with Crippen LogP contribution in [0.5, 0.6) is 11.5 Å². The zero-order valence-electron chi connectivity index (χ0n) is 25.0. The van der Waals surface area contributed by atoms with Crippen LogP contribution in [-0.2, 0) is 5.41 Å². The zero-order chi connectivity index (χ0) is 26.9. The van der Waals surface area contributed by atoms with Crippen LogP contribution in [0.4, 0.5) is 0 Å². The van der Waals surface area contributed by atoms with Gasteiger partial charge in [0.15, 0.2) is 0 Å². The van der Waals surface area contributed by atoms with Crippen molar-refractivity contribution in [2.75, 3.05) is 32.7 Å². The van der Waals surface area contributed by atoms with Gasteiger partial charge in [0.05, 0.1) is 0 Å². The third-order valence-electron chi connectivity index (χ3n) is 10.5. The summed E-state index contributed by atoms with van der Waals surface area (Å²) in [5, 5.41) is 11.4. The molecule has 1 N–H and O–H groups in total. The molecule has 4 nitrogen and oxygen atoms in total. The van der Waals surface area contributed by atoms with E-state index in [0.29, 0.717) is 17.6 Å². The Labute approximate surface area is 232 Å². The van der Waals surface area contributed by atoms with Gasteiger partial charge in [-0.15, -0.1) is 0 Å². The van der Waals surface area contributed by atoms with E-state index in [1.807, 2.05) is 0 Å². The lowest BCUT2D eigenvalue weighted by Gasteiger charge is -2.48. The molecule has 1 aromatic rings. The maximum atomic E-state index is 11.4. The second kappa shape index (κ2) is 11.5. The summed E-state index contributed by atoms with van der Waals surface area (Å²) in [4.78, 5) is 5.43. The first-order chi connectivity index (χ1) is 18.2. The van der Waals surface area contributed by atoms with Crippen LogP contribution in [0.2, 0.25) is 0 Å². The van der Waals surface area contributed by atoms with E-state index in [-0.39, 0.29) is 11.0 Å². The highest BCUT2D eigenvalue weighted by molar-refractivity contribution is 5.54. The Bertz CT molecular complexity index is 982. The van der Waals surface area contributed by atoms with Crippen molar-refractivity contribution in [2.45, 2.75) is 128 Å². The van der Waals surface area contributed by atoms with E-state index in [2.05, 4.69) is 62.6 Å². The fourth-order valence-electron chi connectivity index (χ4n) is 7.96. The standard InChI is InChI=1S/C34H54N2O2/c1-6-7-8-9-16-33(2,3)26-22-30(37)32-28-21-25(12-13-29(28)34(4,5)38-31(32)23-26)24-35-19-14-27(15-20-35)36-17-10-11-18-36/h12,22-23,27-29,37H,6-11,13-21,24H2,1-5H3. The highest BCUT2D eigenvalue weighted by Gasteiger charge is 2.46. The van der Waals surface area contributed by atoms with Crippen molar-refractivity contribution >= 4 is 0 Å². The highest BCUT2D eigenvalue weighted by Crippen LogP contribution is 2.55. The van der Waals surface area contributed by atoms with Crippen molar-refractivity contribution in [3.05, 3.63) is 34.9 Å². The van der Waals surface area contributed by atoms with Gasteiger partial charge in [0.1, 0.15) is 17.1 Å². The molecule has 0 radical (unpaired) electrons. The smallest absolute Gasteiger partial charge is 0.127 e. The molecule has 1 aliphatic carbocycles. The number of ether oxygens (including phenoxy) is 1. The van der Waals surface area contributed by atoms with Gasteiger partial charge in [-0.25, -0.2) is 0 Å². The number of likely N-dealkylation sites (tertiary alicyclic amines) is 2. The largest absolute Gasteiger partial charge is 0.508 e. The van der Waals surface area contributed by atoms with Crippen LogP contribution in [0.25, 0.3) is 0 Å². The van der Waals surface area contributed by atoms with Crippen LogP contribution in [0.3, 0.4) is 0 Å². The van der Waals surface area contributed by atoms with Crippen molar-refractivity contribution in [1.82, 2.24) is 9.80 Å². The van der Waals surface area contributed by atoms with E-state index in [9.17, 15) is 5.11 Å². The maximum absolute atomic E-state index is 11.4. The molecule has 212 valence electrons. The number of hydrogen-bond donors (Lipinski definition) is 1. The second-order valence-corrected chi connectivity index (χ2v) is 14.1. The summed E-state index contributed by atoms with van der Waals surface area (Å²) >= 11 is 0. The maximum Gasteiger partial charge on any atom is 0.127 e. The Morgan fingerprint density at radius 2 is 1.76 bits per heavy atom. The lowest BCUT2D eigenvalue weighted by molar-refractivity contribution is 0.00669. The third kappa shape index (κ3) is 5.97. The van der Waals surface area contributed by atoms with Crippen molar-refractivity contribution < 1.29 is 9.84 Å². The Hall–Kier alpha value is -1.52. The molecule has 1 aromatic carbocycles. The number of phenolic OH excluding ortho intramolecular Hbond substituents is 1. The van der Waals surface area contributed by atoms with Crippen LogP contribution in [0.1, 0.15) is 122 Å². The van der Waals surface area contributed by atoms with Gasteiger partial charge in [-0.1, -0.05) is 58.1 Å². The van der Waals surface area contributed by atoms with Crippen molar-refractivity contribution in [2.24, 2.45) is 5.92 Å². The number of benzene rings is 1. The Kier molecular flexibility index (Phi) is 8.50. The molecule has 2 atom stereocenters. The SMILES string of the molecule is CCCCCCC(C)(C)c1cc(O)c2c(c1)OC(C)(C)C1CC=C(CN3CCC(N4CCCC4)CC3)CC21. The van der Waals surface area contributed by atoms with Crippen LogP contribution < -0.4 is 4.74 Å². The average molecular weight is 523 g/mol. The van der Waals surface area contributed by atoms with Crippen molar-refractivity contribution in [3.8, 4) is 11.5 Å². The van der Waals surface area contributed by atoms with E-state index < -0.39 is 0 Å². The molecule has 0 spiro atoms. The number of hydrogen-bond acceptors (Lipinski definition) is 4. The van der Waals surface area contributed by atoms with Crippen LogP contribution in [0.15, 0.2) is 23.8 Å². The number of nitrogens with zero attached hydrogens (tertiary/aromatic N) is 2. The third-order valence-corrected chi connectivity index (χ3v) is 10.5. The first-order valence-electron chi connectivity index (χ1n) is 15.9. The monoisotopic (exact) mass is 522 g/mol. The van der Waals surface area contributed by atoms with Gasteiger partial charge in [0, 0.05) is 30.0 Å². The summed E-state index contributed by atoms with van der Waals surface area (Å²) in [7, 11) is 0. The first kappa shape index (κ1) is 28.0. The molecule has 2 fully saturated rings. The molecule has 2 saturated heterocycles. The number of unbranched alkanes of at least 4 members (excludes halogenated alkanes) is 3. The molecule has 3 heterocycles. The first-order valence-corrected chi connectivity index (χ1v) is 15.9. The van der Waals surface area contributed by atoms with E-state index in [0.717, 1.165) is 43.2 Å². The molecular formula is C34H54N2O2. The minimum atomic E-state index is -0.232. The minimum Gasteiger partial charge on any atom is -0.508 e. The Morgan fingerprint density at radius 3 is 2.47 bits per heavy atom. The van der Waals surface area contributed by atoms with E-state index in [1.165, 1.54) is 83.1 Å². The van der Waals surface area contributed by atoms with Crippen LogP contribution in [-0.4, -0.2) is 59.3 Å². The molecule has 5 rings (SSSR count). The summed E-state index contributed by atoms with van der Waals surface area (Å²) in [6.45, 7) is 17.6. The van der Waals surface area contributed by atoms with Gasteiger partial charge in [-0.05, 0) is 108 Å². The number of fused-ring (bicyclic) bond motifs is 3. The molecular weight excluding hydrogens is 468 g/mol. The van der Waals surface area contributed by atoms with Crippen LogP contribution in [0, 0.1) is 5.92 Å².